The molecule has 6 rings (SSSR count). The van der Waals surface area contributed by atoms with Crippen molar-refractivity contribution in [1.29, 1.82) is 5.41 Å². The number of rotatable bonds is 3. The lowest BCUT2D eigenvalue weighted by Gasteiger charge is -2.52. The summed E-state index contributed by atoms with van der Waals surface area (Å²) in [4.78, 5) is 8.94. The highest BCUT2D eigenvalue weighted by Crippen LogP contribution is 2.52. The van der Waals surface area contributed by atoms with Gasteiger partial charge in [0, 0.05) is 34.4 Å². The van der Waals surface area contributed by atoms with Gasteiger partial charge in [0.15, 0.2) is 15.7 Å². The Hall–Kier alpha value is -2.52. The van der Waals surface area contributed by atoms with E-state index in [1.54, 1.807) is 19.3 Å². The van der Waals surface area contributed by atoms with Crippen LogP contribution in [0.1, 0.15) is 30.9 Å². The quantitative estimate of drug-likeness (QED) is 0.489. The van der Waals surface area contributed by atoms with Crippen LogP contribution in [0.15, 0.2) is 47.2 Å². The van der Waals surface area contributed by atoms with Crippen LogP contribution in [0, 0.1) is 11.3 Å². The highest BCUT2D eigenvalue weighted by molar-refractivity contribution is 9.10. The van der Waals surface area contributed by atoms with Gasteiger partial charge in [-0.05, 0) is 77.0 Å². The van der Waals surface area contributed by atoms with Crippen molar-refractivity contribution < 1.29 is 8.42 Å². The van der Waals surface area contributed by atoms with Crippen molar-refractivity contribution in [2.45, 2.75) is 36.5 Å². The van der Waals surface area contributed by atoms with Crippen LogP contribution in [0.25, 0.3) is 10.9 Å². The smallest absolute Gasteiger partial charge is 0.165 e. The van der Waals surface area contributed by atoms with Gasteiger partial charge in [0.25, 0.3) is 0 Å². The molecule has 1 saturated heterocycles. The molecule has 0 unspecified atom stereocenters. The van der Waals surface area contributed by atoms with E-state index >= 15 is 0 Å². The Bertz CT molecular complexity index is 1420. The van der Waals surface area contributed by atoms with E-state index in [1.165, 1.54) is 0 Å². The molecule has 2 aliphatic carbocycles. The molecule has 3 aliphatic rings. The van der Waals surface area contributed by atoms with Crippen LogP contribution in [0.5, 0.6) is 0 Å². The van der Waals surface area contributed by atoms with E-state index in [9.17, 15) is 8.42 Å². The van der Waals surface area contributed by atoms with Gasteiger partial charge in [-0.1, -0.05) is 6.07 Å². The summed E-state index contributed by atoms with van der Waals surface area (Å²) in [6.07, 6.45) is 5.82. The molecule has 2 atom stereocenters. The van der Waals surface area contributed by atoms with Gasteiger partial charge in [0.05, 0.1) is 11.3 Å². The molecule has 1 aliphatic heterocycles. The third-order valence-electron chi connectivity index (χ3n) is 7.25. The van der Waals surface area contributed by atoms with E-state index in [0.717, 1.165) is 45.0 Å². The van der Waals surface area contributed by atoms with E-state index in [4.69, 9.17) is 5.41 Å². The first-order valence-electron chi connectivity index (χ1n) is 10.6. The molecule has 2 aromatic heterocycles. The first kappa shape index (κ1) is 20.1. The number of hydrogen-bond donors (Lipinski definition) is 3. The highest BCUT2D eigenvalue weighted by atomic mass is 79.9. The van der Waals surface area contributed by atoms with Crippen molar-refractivity contribution in [2.24, 2.45) is 5.92 Å². The molecule has 1 aromatic carbocycles. The average molecular weight is 512 g/mol. The summed E-state index contributed by atoms with van der Waals surface area (Å²) in [6, 6.07) is 9.87. The number of aromatic nitrogens is 2. The average Bonchev–Trinajstić information content (AvgIpc) is 3.58. The number of anilines is 2. The molecule has 0 radical (unpaired) electrons. The number of benzene rings is 1. The van der Waals surface area contributed by atoms with Gasteiger partial charge < -0.3 is 10.6 Å². The summed E-state index contributed by atoms with van der Waals surface area (Å²) in [6.45, 7) is 1.72. The second kappa shape index (κ2) is 6.51. The summed E-state index contributed by atoms with van der Waals surface area (Å²) in [5.74, 6) is 0.859. The third-order valence-corrected chi connectivity index (χ3v) is 10.4. The number of halogens is 1. The maximum Gasteiger partial charge on any atom is 0.165 e. The fourth-order valence-electron chi connectivity index (χ4n) is 5.19. The van der Waals surface area contributed by atoms with Crippen LogP contribution in [0.2, 0.25) is 0 Å². The molecule has 3 N–H and O–H groups in total. The molecule has 164 valence electrons. The molecule has 1 spiro atoms. The van der Waals surface area contributed by atoms with Crippen molar-refractivity contribution >= 4 is 54.0 Å². The molecule has 2 fully saturated rings. The SMILES string of the molecule is C[C@]1(C2CC2)C(=N)N[C@@]2(Cc3ccc(Nc4nccc5cc(Br)cnc45)cc32)CS1(=O)=O. The number of nitrogens with one attached hydrogen (secondary N) is 3. The minimum absolute atomic E-state index is 0.0218. The summed E-state index contributed by atoms with van der Waals surface area (Å²) >= 11 is 3.45. The van der Waals surface area contributed by atoms with E-state index in [0.29, 0.717) is 12.2 Å². The lowest BCUT2D eigenvalue weighted by molar-refractivity contribution is 0.350. The van der Waals surface area contributed by atoms with Crippen LogP contribution in [-0.4, -0.2) is 34.7 Å². The van der Waals surface area contributed by atoms with Gasteiger partial charge in [0.1, 0.15) is 16.1 Å². The highest BCUT2D eigenvalue weighted by Gasteiger charge is 2.62. The molecular weight excluding hydrogens is 490 g/mol. The molecule has 0 bridgehead atoms. The van der Waals surface area contributed by atoms with Crippen LogP contribution in [-0.2, 0) is 21.8 Å². The third kappa shape index (κ3) is 2.76. The molecule has 32 heavy (non-hydrogen) atoms. The summed E-state index contributed by atoms with van der Waals surface area (Å²) in [5.41, 5.74) is 2.88. The Morgan fingerprint density at radius 1 is 1.22 bits per heavy atom. The van der Waals surface area contributed by atoms with Gasteiger partial charge >= 0.3 is 0 Å². The predicted octanol–water partition coefficient (Wildman–Crippen LogP) is 4.05. The van der Waals surface area contributed by atoms with Gasteiger partial charge in [-0.25, -0.2) is 13.4 Å². The number of amidine groups is 1. The van der Waals surface area contributed by atoms with Gasteiger partial charge in [0.2, 0.25) is 0 Å². The van der Waals surface area contributed by atoms with Gasteiger partial charge in [-0.2, -0.15) is 0 Å². The van der Waals surface area contributed by atoms with E-state index in [1.807, 2.05) is 30.3 Å². The topological polar surface area (TPSA) is 108 Å². The lowest BCUT2D eigenvalue weighted by Crippen LogP contribution is -2.70. The Morgan fingerprint density at radius 3 is 2.78 bits per heavy atom. The zero-order chi connectivity index (χ0) is 22.3. The Kier molecular flexibility index (Phi) is 4.09. The maximum atomic E-state index is 13.3. The monoisotopic (exact) mass is 511 g/mol. The first-order valence-corrected chi connectivity index (χ1v) is 13.1. The minimum atomic E-state index is -3.46. The fraction of sp³-hybridized carbons (Fsp3) is 0.348. The number of fused-ring (bicyclic) bond motifs is 3. The molecule has 3 aromatic rings. The molecule has 7 nitrogen and oxygen atoms in total. The van der Waals surface area contributed by atoms with Crippen molar-refractivity contribution in [3.05, 3.63) is 58.3 Å². The second-order valence-electron chi connectivity index (χ2n) is 9.28. The van der Waals surface area contributed by atoms with E-state index < -0.39 is 20.1 Å². The zero-order valence-electron chi connectivity index (χ0n) is 17.4. The maximum absolute atomic E-state index is 13.3. The molecule has 1 saturated carbocycles. The summed E-state index contributed by atoms with van der Waals surface area (Å²) < 4.78 is 26.5. The lowest BCUT2D eigenvalue weighted by atomic mass is 9.71. The van der Waals surface area contributed by atoms with Crippen molar-refractivity contribution in [1.82, 2.24) is 15.3 Å². The van der Waals surface area contributed by atoms with Crippen molar-refractivity contribution in [3.63, 3.8) is 0 Å². The number of hydrogen-bond acceptors (Lipinski definition) is 6. The predicted molar refractivity (Wildman–Crippen MR) is 128 cm³/mol. The van der Waals surface area contributed by atoms with Crippen LogP contribution < -0.4 is 10.6 Å². The molecule has 3 heterocycles. The van der Waals surface area contributed by atoms with Crippen molar-refractivity contribution in [3.8, 4) is 0 Å². The minimum Gasteiger partial charge on any atom is -0.362 e. The van der Waals surface area contributed by atoms with Crippen LogP contribution >= 0.6 is 15.9 Å². The van der Waals surface area contributed by atoms with Gasteiger partial charge in [-0.3, -0.25) is 10.4 Å². The van der Waals surface area contributed by atoms with Crippen molar-refractivity contribution in [2.75, 3.05) is 11.1 Å². The largest absolute Gasteiger partial charge is 0.362 e. The number of sulfone groups is 1. The Labute approximate surface area is 194 Å². The van der Waals surface area contributed by atoms with Gasteiger partial charge in [-0.15, -0.1) is 0 Å². The number of pyridine rings is 2. The Morgan fingerprint density at radius 2 is 2.03 bits per heavy atom. The fourth-order valence-corrected chi connectivity index (χ4v) is 7.92. The van der Waals surface area contributed by atoms with Crippen LogP contribution in [0.3, 0.4) is 0 Å². The summed E-state index contributed by atoms with van der Waals surface area (Å²) in [5, 5.41) is 16.2. The second-order valence-corrected chi connectivity index (χ2v) is 12.6. The number of nitrogens with zero attached hydrogens (tertiary/aromatic N) is 2. The molecule has 0 amide bonds. The molecular formula is C23H22BrN5O2S. The Balaban J connectivity index is 1.35. The standard InChI is InChI=1S/C23H22BrN5O2S/c1-22(15-3-4-15)21(25)29-23(12-32(22,30)31)10-14-2-5-17(9-18(14)23)28-20-19-13(6-7-26-20)8-16(24)11-27-19/h2,5-9,11,15H,3-4,10,12H2,1H3,(H2,25,29)(H,26,28)/t22-,23-/m0/s1. The summed E-state index contributed by atoms with van der Waals surface area (Å²) in [7, 11) is -3.46. The van der Waals surface area contributed by atoms with E-state index in [2.05, 4.69) is 36.5 Å². The molecule has 9 heteroatoms. The van der Waals surface area contributed by atoms with Crippen LogP contribution in [0.4, 0.5) is 11.5 Å². The first-order chi connectivity index (χ1) is 15.2. The van der Waals surface area contributed by atoms with E-state index in [-0.39, 0.29) is 17.5 Å². The normalized spacial score (nSPS) is 28.1. The zero-order valence-corrected chi connectivity index (χ0v) is 19.8.